The van der Waals surface area contributed by atoms with Crippen LogP contribution in [0, 0.1) is 0 Å². The maximum atomic E-state index is 12.6. The van der Waals surface area contributed by atoms with Gasteiger partial charge in [-0.3, -0.25) is 18.6 Å². The van der Waals surface area contributed by atoms with E-state index in [2.05, 4.69) is 56.4 Å². The van der Waals surface area contributed by atoms with E-state index in [0.717, 1.165) is 44.9 Å². The molecule has 4 N–H and O–H groups in total. The highest BCUT2D eigenvalue weighted by Crippen LogP contribution is 2.43. The Balaban J connectivity index is 4.20. The summed E-state index contributed by atoms with van der Waals surface area (Å²) in [6.07, 6.45) is 54.6. The molecule has 60 heavy (non-hydrogen) atoms. The lowest BCUT2D eigenvalue weighted by atomic mass is 10.0. The van der Waals surface area contributed by atoms with E-state index < -0.39 is 45.1 Å². The molecule has 10 nitrogen and oxygen atoms in total. The number of carboxylic acids is 1. The second-order valence-electron chi connectivity index (χ2n) is 15.9. The molecule has 0 aliphatic carbocycles. The van der Waals surface area contributed by atoms with Crippen LogP contribution in [0.1, 0.15) is 200 Å². The second-order valence-corrected chi connectivity index (χ2v) is 17.3. The van der Waals surface area contributed by atoms with Crippen molar-refractivity contribution in [3.05, 3.63) is 60.8 Å². The molecule has 0 amide bonds. The van der Waals surface area contributed by atoms with E-state index in [1.807, 2.05) is 12.2 Å². The van der Waals surface area contributed by atoms with Crippen molar-refractivity contribution in [2.24, 2.45) is 5.73 Å². The molecule has 0 bridgehead atoms. The fourth-order valence-corrected chi connectivity index (χ4v) is 7.22. The maximum Gasteiger partial charge on any atom is 0.472 e. The molecular formula is C49H88NO9P. The molecule has 0 aromatic rings. The molecule has 0 aliphatic heterocycles. The van der Waals surface area contributed by atoms with Gasteiger partial charge in [-0.15, -0.1) is 0 Å². The molecule has 0 aromatic heterocycles. The number of allylic oxidation sites excluding steroid dienone is 9. The van der Waals surface area contributed by atoms with Crippen molar-refractivity contribution in [3.8, 4) is 0 Å². The van der Waals surface area contributed by atoms with Gasteiger partial charge in [0.1, 0.15) is 12.1 Å². The smallest absolute Gasteiger partial charge is 0.472 e. The number of rotatable bonds is 45. The minimum absolute atomic E-state index is 0.0181. The predicted octanol–water partition coefficient (Wildman–Crippen LogP) is 13.6. The monoisotopic (exact) mass is 866 g/mol. The number of phosphoric ester groups is 1. The summed E-state index contributed by atoms with van der Waals surface area (Å²) in [5, 5.41) is 8.90. The molecule has 0 saturated heterocycles. The Kier molecular flexibility index (Phi) is 43.0. The van der Waals surface area contributed by atoms with Gasteiger partial charge >= 0.3 is 19.8 Å². The van der Waals surface area contributed by atoms with E-state index in [1.54, 1.807) is 6.08 Å². The van der Waals surface area contributed by atoms with Gasteiger partial charge in [0.05, 0.1) is 26.2 Å². The highest BCUT2D eigenvalue weighted by Gasteiger charge is 2.27. The number of hydrogen-bond acceptors (Lipinski definition) is 8. The first-order chi connectivity index (χ1) is 29.2. The average Bonchev–Trinajstić information content (AvgIpc) is 3.23. The first kappa shape index (κ1) is 57.7. The van der Waals surface area contributed by atoms with Gasteiger partial charge < -0.3 is 25.2 Å². The highest BCUT2D eigenvalue weighted by atomic mass is 31.2. The third kappa shape index (κ3) is 43.7. The summed E-state index contributed by atoms with van der Waals surface area (Å²) in [6, 6.07) is -1.49. The number of carboxylic acid groups (broad SMARTS) is 1. The van der Waals surface area contributed by atoms with Gasteiger partial charge in [0.25, 0.3) is 0 Å². The number of hydrogen-bond donors (Lipinski definition) is 3. The summed E-state index contributed by atoms with van der Waals surface area (Å²) in [4.78, 5) is 33.5. The Morgan fingerprint density at radius 2 is 0.900 bits per heavy atom. The van der Waals surface area contributed by atoms with Crippen LogP contribution < -0.4 is 5.73 Å². The fourth-order valence-electron chi connectivity index (χ4n) is 6.45. The summed E-state index contributed by atoms with van der Waals surface area (Å²) in [7, 11) is -4.64. The number of aliphatic carboxylic acids is 1. The minimum atomic E-state index is -4.64. The molecular weight excluding hydrogens is 778 g/mol. The third-order valence-electron chi connectivity index (χ3n) is 10.1. The fraction of sp³-hybridized carbons (Fsp3) is 0.755. The summed E-state index contributed by atoms with van der Waals surface area (Å²) < 4.78 is 33.3. The number of carbonyl (C=O) groups is 2. The zero-order valence-electron chi connectivity index (χ0n) is 38.0. The molecule has 0 spiro atoms. The molecule has 0 aromatic carbocycles. The van der Waals surface area contributed by atoms with Gasteiger partial charge in [-0.1, -0.05) is 216 Å². The predicted molar refractivity (Wildman–Crippen MR) is 249 cm³/mol. The number of ether oxygens (including phenoxy) is 2. The normalized spacial score (nSPS) is 14.3. The number of unbranched alkanes of at least 4 members (excludes halogenated alkanes) is 22. The Morgan fingerprint density at radius 3 is 1.30 bits per heavy atom. The highest BCUT2D eigenvalue weighted by molar-refractivity contribution is 7.47. The van der Waals surface area contributed by atoms with Gasteiger partial charge in [-0.05, 0) is 38.5 Å². The molecule has 0 aliphatic rings. The summed E-state index contributed by atoms with van der Waals surface area (Å²) >= 11 is 0. The zero-order valence-corrected chi connectivity index (χ0v) is 38.9. The van der Waals surface area contributed by atoms with Crippen LogP contribution in [0.4, 0.5) is 0 Å². The van der Waals surface area contributed by atoms with Gasteiger partial charge in [0, 0.05) is 6.61 Å². The quantitative estimate of drug-likeness (QED) is 0.0233. The van der Waals surface area contributed by atoms with E-state index in [1.165, 1.54) is 128 Å². The van der Waals surface area contributed by atoms with Crippen molar-refractivity contribution in [1.29, 1.82) is 0 Å². The molecule has 3 unspecified atom stereocenters. The van der Waals surface area contributed by atoms with E-state index in [0.29, 0.717) is 13.0 Å². The van der Waals surface area contributed by atoms with Crippen LogP contribution in [0.5, 0.6) is 0 Å². The Morgan fingerprint density at radius 1 is 0.533 bits per heavy atom. The average molecular weight is 866 g/mol. The van der Waals surface area contributed by atoms with E-state index >= 15 is 0 Å². The minimum Gasteiger partial charge on any atom is -0.480 e. The second kappa shape index (κ2) is 44.7. The molecule has 0 fully saturated rings. The van der Waals surface area contributed by atoms with E-state index in [4.69, 9.17) is 29.4 Å². The van der Waals surface area contributed by atoms with E-state index in [-0.39, 0.29) is 13.0 Å². The third-order valence-corrected chi connectivity index (χ3v) is 11.0. The van der Waals surface area contributed by atoms with Gasteiger partial charge in [-0.25, -0.2) is 4.57 Å². The van der Waals surface area contributed by atoms with Gasteiger partial charge in [0.2, 0.25) is 0 Å². The van der Waals surface area contributed by atoms with Crippen LogP contribution in [0.3, 0.4) is 0 Å². The molecule has 0 saturated carbocycles. The van der Waals surface area contributed by atoms with Crippen molar-refractivity contribution in [2.45, 2.75) is 212 Å². The largest absolute Gasteiger partial charge is 0.480 e. The lowest BCUT2D eigenvalue weighted by Crippen LogP contribution is -2.34. The van der Waals surface area contributed by atoms with Crippen LogP contribution >= 0.6 is 7.82 Å². The zero-order chi connectivity index (χ0) is 44.0. The van der Waals surface area contributed by atoms with Crippen LogP contribution in [-0.2, 0) is 32.7 Å². The molecule has 3 atom stereocenters. The summed E-state index contributed by atoms with van der Waals surface area (Å²) in [5.74, 6) is -1.91. The lowest BCUT2D eigenvalue weighted by molar-refractivity contribution is -0.153. The Hall–Kier alpha value is -2.33. The molecule has 0 rings (SSSR count). The SMILES string of the molecule is CC/C=C\C/C=C\C/C=C\C/C=C\C/C=C\CC(=O)OC(COCCCCCCCCCCCCCCCCCCCCCCCCC)COP(=O)(O)OCC(N)C(=O)O. The standard InChI is InChI=1S/C49H88NO9P/c1-3-5-7-9-11-13-15-17-19-20-21-22-23-24-25-26-28-30-32-34-36-38-40-42-56-43-46(44-57-60(54,55)58-45-47(50)49(52)53)59-48(51)41-39-37-35-33-31-29-27-18-16-14-12-10-8-6-4-2/h6,8,12,14,18,27,31,33,37,39,46-47H,3-5,7,9-11,13,15-17,19-26,28-30,32,34-36,38,40-45,50H2,1-2H3,(H,52,53)(H,54,55)/b8-6-,14-12-,27-18-,33-31-,39-37-. The number of nitrogens with two attached hydrogens (primary N) is 1. The number of phosphoric acid groups is 1. The topological polar surface area (TPSA) is 155 Å². The first-order valence-corrected chi connectivity index (χ1v) is 25.3. The summed E-state index contributed by atoms with van der Waals surface area (Å²) in [5.41, 5.74) is 5.35. The van der Waals surface area contributed by atoms with Crippen molar-refractivity contribution < 1.29 is 42.7 Å². The van der Waals surface area contributed by atoms with E-state index in [9.17, 15) is 19.0 Å². The van der Waals surface area contributed by atoms with Crippen LogP contribution in [0.15, 0.2) is 60.8 Å². The van der Waals surface area contributed by atoms with Gasteiger partial charge in [-0.2, -0.15) is 0 Å². The lowest BCUT2D eigenvalue weighted by Gasteiger charge is -2.20. The van der Waals surface area contributed by atoms with Crippen molar-refractivity contribution >= 4 is 19.8 Å². The van der Waals surface area contributed by atoms with Gasteiger partial charge in [0.15, 0.2) is 0 Å². The number of esters is 1. The van der Waals surface area contributed by atoms with Crippen molar-refractivity contribution in [2.75, 3.05) is 26.4 Å². The summed E-state index contributed by atoms with van der Waals surface area (Å²) in [6.45, 7) is 3.66. The molecule has 0 radical (unpaired) electrons. The van der Waals surface area contributed by atoms with Crippen molar-refractivity contribution in [3.63, 3.8) is 0 Å². The first-order valence-electron chi connectivity index (χ1n) is 23.8. The molecule has 11 heteroatoms. The maximum absolute atomic E-state index is 12.6. The van der Waals surface area contributed by atoms with Crippen LogP contribution in [0.25, 0.3) is 0 Å². The molecule has 0 heterocycles. The number of carbonyl (C=O) groups excluding carboxylic acids is 1. The molecule has 348 valence electrons. The van der Waals surface area contributed by atoms with Crippen LogP contribution in [-0.4, -0.2) is 60.5 Å². The van der Waals surface area contributed by atoms with Crippen LogP contribution in [0.2, 0.25) is 0 Å². The Bertz CT molecular complexity index is 1190. The Labute approximate surface area is 366 Å². The van der Waals surface area contributed by atoms with Crippen molar-refractivity contribution in [1.82, 2.24) is 0 Å².